The summed E-state index contributed by atoms with van der Waals surface area (Å²) in [6.45, 7) is 1.38. The highest BCUT2D eigenvalue weighted by molar-refractivity contribution is 5.88. The van der Waals surface area contributed by atoms with Crippen molar-refractivity contribution >= 4 is 5.78 Å². The van der Waals surface area contributed by atoms with Crippen molar-refractivity contribution < 1.29 is 22.4 Å². The van der Waals surface area contributed by atoms with Gasteiger partial charge in [-0.05, 0) is 43.1 Å². The SMILES string of the molecule is Cc1cc(F)ccc1CC(=O)C1(C(F)(F)F)CCNC1. The molecule has 110 valence electrons. The van der Waals surface area contributed by atoms with Crippen LogP contribution in [0, 0.1) is 18.2 Å². The summed E-state index contributed by atoms with van der Waals surface area (Å²) >= 11 is 0. The highest BCUT2D eigenvalue weighted by Gasteiger charge is 2.60. The normalized spacial score (nSPS) is 23.1. The lowest BCUT2D eigenvalue weighted by molar-refractivity contribution is -0.214. The van der Waals surface area contributed by atoms with E-state index in [4.69, 9.17) is 0 Å². The first-order valence-electron chi connectivity index (χ1n) is 6.32. The molecule has 2 rings (SSSR count). The fourth-order valence-electron chi connectivity index (χ4n) is 2.53. The molecular weight excluding hydrogens is 274 g/mol. The van der Waals surface area contributed by atoms with E-state index in [-0.39, 0.29) is 25.9 Å². The monoisotopic (exact) mass is 289 g/mol. The third-order valence-electron chi connectivity index (χ3n) is 3.89. The number of carbonyl (C=O) groups is 1. The summed E-state index contributed by atoms with van der Waals surface area (Å²) in [7, 11) is 0. The van der Waals surface area contributed by atoms with Gasteiger partial charge in [0.15, 0.2) is 5.78 Å². The maximum absolute atomic E-state index is 13.2. The van der Waals surface area contributed by atoms with Crippen molar-refractivity contribution in [1.82, 2.24) is 5.32 Å². The van der Waals surface area contributed by atoms with Crippen molar-refractivity contribution in [1.29, 1.82) is 0 Å². The molecule has 1 fully saturated rings. The quantitative estimate of drug-likeness (QED) is 0.867. The Kier molecular flexibility index (Phi) is 3.86. The third-order valence-corrected chi connectivity index (χ3v) is 3.89. The summed E-state index contributed by atoms with van der Waals surface area (Å²) in [6.07, 6.45) is -5.13. The van der Waals surface area contributed by atoms with Crippen LogP contribution in [0.5, 0.6) is 0 Å². The Morgan fingerprint density at radius 1 is 1.40 bits per heavy atom. The van der Waals surface area contributed by atoms with Crippen molar-refractivity contribution in [2.75, 3.05) is 13.1 Å². The number of alkyl halides is 3. The van der Waals surface area contributed by atoms with Crippen molar-refractivity contribution in [2.45, 2.75) is 25.9 Å². The average molecular weight is 289 g/mol. The minimum Gasteiger partial charge on any atom is -0.315 e. The van der Waals surface area contributed by atoms with Crippen LogP contribution in [0.1, 0.15) is 17.5 Å². The van der Waals surface area contributed by atoms with Crippen molar-refractivity contribution in [3.8, 4) is 0 Å². The summed E-state index contributed by atoms with van der Waals surface area (Å²) in [4.78, 5) is 12.2. The Balaban J connectivity index is 2.26. The Labute approximate surface area is 114 Å². The molecule has 1 heterocycles. The standard InChI is InChI=1S/C14H15F4NO/c1-9-6-11(15)3-2-10(9)7-12(20)13(14(16,17)18)4-5-19-8-13/h2-3,6,19H,4-5,7-8H2,1H3. The van der Waals surface area contributed by atoms with Gasteiger partial charge in [0, 0.05) is 13.0 Å². The van der Waals surface area contributed by atoms with Gasteiger partial charge in [-0.25, -0.2) is 4.39 Å². The summed E-state index contributed by atoms with van der Waals surface area (Å²) in [5.74, 6) is -1.32. The van der Waals surface area contributed by atoms with E-state index in [9.17, 15) is 22.4 Å². The van der Waals surface area contributed by atoms with Gasteiger partial charge in [0.25, 0.3) is 0 Å². The minimum atomic E-state index is -4.57. The number of Topliss-reactive ketones (excluding diaryl/α,β-unsaturated/α-hetero) is 1. The molecule has 2 nitrogen and oxygen atoms in total. The molecule has 20 heavy (non-hydrogen) atoms. The first kappa shape index (κ1) is 15.0. The van der Waals surface area contributed by atoms with Crippen LogP contribution in [-0.2, 0) is 11.2 Å². The second-order valence-corrected chi connectivity index (χ2v) is 5.18. The Bertz CT molecular complexity index is 518. The van der Waals surface area contributed by atoms with Gasteiger partial charge in [0.2, 0.25) is 0 Å². The molecule has 0 radical (unpaired) electrons. The van der Waals surface area contributed by atoms with Crippen LogP contribution in [0.15, 0.2) is 18.2 Å². The summed E-state index contributed by atoms with van der Waals surface area (Å²) in [6, 6.07) is 3.74. The number of benzene rings is 1. The van der Waals surface area contributed by atoms with Gasteiger partial charge in [-0.1, -0.05) is 6.07 Å². The zero-order valence-electron chi connectivity index (χ0n) is 11.0. The summed E-state index contributed by atoms with van der Waals surface area (Å²) in [5, 5.41) is 2.61. The second kappa shape index (κ2) is 5.16. The van der Waals surface area contributed by atoms with Crippen LogP contribution in [-0.4, -0.2) is 25.0 Å². The molecule has 0 aromatic heterocycles. The first-order valence-corrected chi connectivity index (χ1v) is 6.32. The first-order chi connectivity index (χ1) is 9.26. The van der Waals surface area contributed by atoms with E-state index in [1.165, 1.54) is 12.1 Å². The molecular formula is C14H15F4NO. The molecule has 0 spiro atoms. The molecule has 0 bridgehead atoms. The molecule has 1 unspecified atom stereocenters. The number of hydrogen-bond acceptors (Lipinski definition) is 2. The maximum Gasteiger partial charge on any atom is 0.402 e. The lowest BCUT2D eigenvalue weighted by Crippen LogP contribution is -2.47. The fraction of sp³-hybridized carbons (Fsp3) is 0.500. The predicted octanol–water partition coefficient (Wildman–Crippen LogP) is 2.79. The van der Waals surface area contributed by atoms with E-state index in [1.54, 1.807) is 6.92 Å². The number of rotatable bonds is 3. The molecule has 0 aliphatic carbocycles. The average Bonchev–Trinajstić information content (AvgIpc) is 2.82. The van der Waals surface area contributed by atoms with Crippen LogP contribution in [0.25, 0.3) is 0 Å². The molecule has 1 aliphatic rings. The van der Waals surface area contributed by atoms with Crippen molar-refractivity contribution in [2.24, 2.45) is 5.41 Å². The molecule has 1 N–H and O–H groups in total. The number of carbonyl (C=O) groups excluding carboxylic acids is 1. The highest BCUT2D eigenvalue weighted by atomic mass is 19.4. The summed E-state index contributed by atoms with van der Waals surface area (Å²) in [5.41, 5.74) is -1.39. The lowest BCUT2D eigenvalue weighted by atomic mass is 9.79. The van der Waals surface area contributed by atoms with Gasteiger partial charge in [0.1, 0.15) is 11.2 Å². The predicted molar refractivity (Wildman–Crippen MR) is 65.8 cm³/mol. The molecule has 1 aliphatic heterocycles. The molecule has 1 aromatic rings. The minimum absolute atomic E-state index is 0.174. The van der Waals surface area contributed by atoms with Crippen LogP contribution < -0.4 is 5.32 Å². The molecule has 1 aromatic carbocycles. The van der Waals surface area contributed by atoms with Gasteiger partial charge in [-0.2, -0.15) is 13.2 Å². The van der Waals surface area contributed by atoms with Crippen LogP contribution >= 0.6 is 0 Å². The van der Waals surface area contributed by atoms with Gasteiger partial charge in [-0.3, -0.25) is 4.79 Å². The van der Waals surface area contributed by atoms with E-state index >= 15 is 0 Å². The van der Waals surface area contributed by atoms with E-state index in [1.807, 2.05) is 0 Å². The second-order valence-electron chi connectivity index (χ2n) is 5.18. The van der Waals surface area contributed by atoms with Gasteiger partial charge in [-0.15, -0.1) is 0 Å². The molecule has 1 saturated heterocycles. The topological polar surface area (TPSA) is 29.1 Å². The zero-order chi connectivity index (χ0) is 15.0. The largest absolute Gasteiger partial charge is 0.402 e. The van der Waals surface area contributed by atoms with Crippen LogP contribution in [0.4, 0.5) is 17.6 Å². The summed E-state index contributed by atoms with van der Waals surface area (Å²) < 4.78 is 52.6. The van der Waals surface area contributed by atoms with Crippen LogP contribution in [0.2, 0.25) is 0 Å². The van der Waals surface area contributed by atoms with E-state index in [0.717, 1.165) is 6.07 Å². The van der Waals surface area contributed by atoms with Crippen molar-refractivity contribution in [3.05, 3.63) is 35.1 Å². The van der Waals surface area contributed by atoms with Gasteiger partial charge >= 0.3 is 6.18 Å². The van der Waals surface area contributed by atoms with Crippen LogP contribution in [0.3, 0.4) is 0 Å². The molecule has 0 saturated carbocycles. The Morgan fingerprint density at radius 3 is 2.60 bits per heavy atom. The Hall–Kier alpha value is -1.43. The molecule has 0 amide bonds. The molecule has 1 atom stereocenters. The number of halogens is 4. The van der Waals surface area contributed by atoms with E-state index in [2.05, 4.69) is 5.32 Å². The van der Waals surface area contributed by atoms with E-state index < -0.39 is 23.2 Å². The van der Waals surface area contributed by atoms with E-state index in [0.29, 0.717) is 11.1 Å². The number of hydrogen-bond donors (Lipinski definition) is 1. The zero-order valence-corrected chi connectivity index (χ0v) is 11.0. The molecule has 6 heteroatoms. The third kappa shape index (κ3) is 2.57. The van der Waals surface area contributed by atoms with Gasteiger partial charge < -0.3 is 5.32 Å². The highest BCUT2D eigenvalue weighted by Crippen LogP contribution is 2.44. The van der Waals surface area contributed by atoms with Crippen molar-refractivity contribution in [3.63, 3.8) is 0 Å². The number of aryl methyl sites for hydroxylation is 1. The Morgan fingerprint density at radius 2 is 2.10 bits per heavy atom. The fourth-order valence-corrected chi connectivity index (χ4v) is 2.53. The maximum atomic E-state index is 13.2. The smallest absolute Gasteiger partial charge is 0.315 e. The number of ketones is 1. The lowest BCUT2D eigenvalue weighted by Gasteiger charge is -2.29. The van der Waals surface area contributed by atoms with Gasteiger partial charge in [0.05, 0.1) is 0 Å². The number of nitrogens with one attached hydrogen (secondary N) is 1.